The summed E-state index contributed by atoms with van der Waals surface area (Å²) in [4.78, 5) is 17.8. The Morgan fingerprint density at radius 3 is 2.22 bits per heavy atom. The minimum absolute atomic E-state index is 0.352. The van der Waals surface area contributed by atoms with Gasteiger partial charge in [-0.1, -0.05) is 13.8 Å². The van der Waals surface area contributed by atoms with Gasteiger partial charge in [0, 0.05) is 39.3 Å². The van der Waals surface area contributed by atoms with Crippen molar-refractivity contribution in [3.63, 3.8) is 0 Å². The first-order chi connectivity index (χ1) is 8.58. The molecular formula is C13H27N3O2. The molecule has 0 aromatic heterocycles. The molecule has 106 valence electrons. The van der Waals surface area contributed by atoms with E-state index in [1.807, 2.05) is 0 Å². The zero-order chi connectivity index (χ0) is 13.5. The van der Waals surface area contributed by atoms with Crippen LogP contribution < -0.4 is 0 Å². The third kappa shape index (κ3) is 4.55. The molecular weight excluding hydrogens is 230 g/mol. The quantitative estimate of drug-likeness (QED) is 0.716. The number of nitrogens with zero attached hydrogens (tertiary/aromatic N) is 3. The molecule has 0 aromatic rings. The smallest absolute Gasteiger partial charge is 0.320 e. The van der Waals surface area contributed by atoms with Crippen LogP contribution >= 0.6 is 0 Å². The van der Waals surface area contributed by atoms with Gasteiger partial charge in [0.1, 0.15) is 6.04 Å². The molecule has 18 heavy (non-hydrogen) atoms. The second-order valence-electron chi connectivity index (χ2n) is 4.92. The molecule has 1 saturated heterocycles. The molecule has 1 fully saturated rings. The van der Waals surface area contributed by atoms with Crippen molar-refractivity contribution in [2.75, 3.05) is 52.4 Å². The van der Waals surface area contributed by atoms with Crippen molar-refractivity contribution in [2.45, 2.75) is 26.8 Å². The van der Waals surface area contributed by atoms with Crippen LogP contribution in [0.3, 0.4) is 0 Å². The van der Waals surface area contributed by atoms with Crippen LogP contribution in [0.15, 0.2) is 0 Å². The number of likely N-dealkylation sites (N-methyl/N-ethyl adjacent to an activating group) is 1. The van der Waals surface area contributed by atoms with Crippen molar-refractivity contribution in [1.29, 1.82) is 0 Å². The van der Waals surface area contributed by atoms with Gasteiger partial charge in [-0.15, -0.1) is 0 Å². The van der Waals surface area contributed by atoms with E-state index in [1.54, 1.807) is 6.92 Å². The summed E-state index contributed by atoms with van der Waals surface area (Å²) in [5.41, 5.74) is 0. The van der Waals surface area contributed by atoms with E-state index < -0.39 is 5.97 Å². The van der Waals surface area contributed by atoms with Crippen molar-refractivity contribution in [3.05, 3.63) is 0 Å². The molecule has 1 heterocycles. The maximum absolute atomic E-state index is 10.9. The molecule has 1 aliphatic rings. The lowest BCUT2D eigenvalue weighted by Gasteiger charge is -2.37. The van der Waals surface area contributed by atoms with Gasteiger partial charge < -0.3 is 10.0 Å². The maximum Gasteiger partial charge on any atom is 0.320 e. The summed E-state index contributed by atoms with van der Waals surface area (Å²) in [6, 6.07) is -0.352. The van der Waals surface area contributed by atoms with E-state index >= 15 is 0 Å². The Morgan fingerprint density at radius 1 is 1.22 bits per heavy atom. The number of piperazine rings is 1. The van der Waals surface area contributed by atoms with Gasteiger partial charge in [0.2, 0.25) is 0 Å². The van der Waals surface area contributed by atoms with Gasteiger partial charge in [-0.05, 0) is 20.0 Å². The van der Waals surface area contributed by atoms with Crippen LogP contribution in [0, 0.1) is 0 Å². The Bertz CT molecular complexity index is 249. The largest absolute Gasteiger partial charge is 0.480 e. The summed E-state index contributed by atoms with van der Waals surface area (Å²) in [5.74, 6) is -0.716. The molecule has 5 nitrogen and oxygen atoms in total. The number of rotatable bonds is 7. The number of hydrogen-bond donors (Lipinski definition) is 1. The SMILES string of the molecule is CCN(CC)CCN1CCN(C(C)C(=O)O)CC1. The molecule has 0 aromatic carbocycles. The van der Waals surface area contributed by atoms with Crippen LogP contribution in [0.1, 0.15) is 20.8 Å². The molecule has 5 heteroatoms. The standard InChI is InChI=1S/C13H27N3O2/c1-4-14(5-2)6-7-15-8-10-16(11-9-15)12(3)13(17)18/h12H,4-11H2,1-3H3,(H,17,18). The van der Waals surface area contributed by atoms with E-state index in [4.69, 9.17) is 5.11 Å². The highest BCUT2D eigenvalue weighted by Crippen LogP contribution is 2.06. The Morgan fingerprint density at radius 2 is 1.78 bits per heavy atom. The summed E-state index contributed by atoms with van der Waals surface area (Å²) < 4.78 is 0. The molecule has 1 rings (SSSR count). The topological polar surface area (TPSA) is 47.0 Å². The number of carboxylic acid groups (broad SMARTS) is 1. The minimum atomic E-state index is -0.716. The number of aliphatic carboxylic acids is 1. The summed E-state index contributed by atoms with van der Waals surface area (Å²) in [6.45, 7) is 14.3. The monoisotopic (exact) mass is 257 g/mol. The molecule has 0 bridgehead atoms. The molecule has 0 aliphatic carbocycles. The average molecular weight is 257 g/mol. The summed E-state index contributed by atoms with van der Waals surface area (Å²) in [7, 11) is 0. The van der Waals surface area contributed by atoms with Crippen LogP contribution in [0.25, 0.3) is 0 Å². The number of hydrogen-bond acceptors (Lipinski definition) is 4. The highest BCUT2D eigenvalue weighted by Gasteiger charge is 2.24. The van der Waals surface area contributed by atoms with Gasteiger partial charge in [-0.3, -0.25) is 14.6 Å². The van der Waals surface area contributed by atoms with Gasteiger partial charge in [0.15, 0.2) is 0 Å². The van der Waals surface area contributed by atoms with Crippen molar-refractivity contribution in [3.8, 4) is 0 Å². The molecule has 1 N–H and O–H groups in total. The van der Waals surface area contributed by atoms with Crippen LogP contribution in [-0.2, 0) is 4.79 Å². The van der Waals surface area contributed by atoms with E-state index in [9.17, 15) is 4.79 Å². The number of carboxylic acids is 1. The predicted molar refractivity (Wildman–Crippen MR) is 72.9 cm³/mol. The fourth-order valence-electron chi connectivity index (χ4n) is 2.35. The van der Waals surface area contributed by atoms with Gasteiger partial charge in [0.25, 0.3) is 0 Å². The molecule has 0 radical (unpaired) electrons. The van der Waals surface area contributed by atoms with E-state index in [-0.39, 0.29) is 6.04 Å². The highest BCUT2D eigenvalue weighted by atomic mass is 16.4. The maximum atomic E-state index is 10.9. The van der Waals surface area contributed by atoms with Gasteiger partial charge in [-0.25, -0.2) is 0 Å². The fraction of sp³-hybridized carbons (Fsp3) is 0.923. The lowest BCUT2D eigenvalue weighted by Crippen LogP contribution is -2.52. The first kappa shape index (κ1) is 15.4. The summed E-state index contributed by atoms with van der Waals surface area (Å²) in [5, 5.41) is 8.98. The second-order valence-corrected chi connectivity index (χ2v) is 4.92. The Hall–Kier alpha value is -0.650. The van der Waals surface area contributed by atoms with Gasteiger partial charge >= 0.3 is 5.97 Å². The zero-order valence-electron chi connectivity index (χ0n) is 11.9. The summed E-state index contributed by atoms with van der Waals surface area (Å²) >= 11 is 0. The fourth-order valence-corrected chi connectivity index (χ4v) is 2.35. The first-order valence-electron chi connectivity index (χ1n) is 7.00. The van der Waals surface area contributed by atoms with Crippen LogP contribution in [0.2, 0.25) is 0 Å². The molecule has 1 aliphatic heterocycles. The lowest BCUT2D eigenvalue weighted by atomic mass is 10.2. The van der Waals surface area contributed by atoms with Gasteiger partial charge in [-0.2, -0.15) is 0 Å². The lowest BCUT2D eigenvalue weighted by molar-refractivity contribution is -0.143. The predicted octanol–water partition coefficient (Wildman–Crippen LogP) is 0.419. The molecule has 0 saturated carbocycles. The number of carbonyl (C=O) groups is 1. The normalized spacial score (nSPS) is 20.2. The van der Waals surface area contributed by atoms with Crippen molar-refractivity contribution in [2.24, 2.45) is 0 Å². The molecule has 0 spiro atoms. The second kappa shape index (κ2) is 7.71. The first-order valence-corrected chi connectivity index (χ1v) is 7.00. The average Bonchev–Trinajstić information content (AvgIpc) is 2.39. The molecule has 1 atom stereocenters. The Balaban J connectivity index is 2.25. The van der Waals surface area contributed by atoms with Crippen LogP contribution in [0.5, 0.6) is 0 Å². The van der Waals surface area contributed by atoms with Crippen molar-refractivity contribution < 1.29 is 9.90 Å². The van der Waals surface area contributed by atoms with E-state index in [0.29, 0.717) is 0 Å². The highest BCUT2D eigenvalue weighted by molar-refractivity contribution is 5.72. The van der Waals surface area contributed by atoms with E-state index in [2.05, 4.69) is 28.5 Å². The molecule has 1 unspecified atom stereocenters. The Labute approximate surface area is 110 Å². The summed E-state index contributed by atoms with van der Waals surface area (Å²) in [6.07, 6.45) is 0. The van der Waals surface area contributed by atoms with Crippen LogP contribution in [-0.4, -0.2) is 84.2 Å². The zero-order valence-corrected chi connectivity index (χ0v) is 11.9. The van der Waals surface area contributed by atoms with E-state index in [0.717, 1.165) is 52.4 Å². The molecule has 0 amide bonds. The van der Waals surface area contributed by atoms with Crippen molar-refractivity contribution >= 4 is 5.97 Å². The van der Waals surface area contributed by atoms with Crippen molar-refractivity contribution in [1.82, 2.24) is 14.7 Å². The van der Waals surface area contributed by atoms with Crippen LogP contribution in [0.4, 0.5) is 0 Å². The minimum Gasteiger partial charge on any atom is -0.480 e. The third-order valence-electron chi connectivity index (χ3n) is 3.94. The Kier molecular flexibility index (Phi) is 6.60. The van der Waals surface area contributed by atoms with Gasteiger partial charge in [0.05, 0.1) is 0 Å². The van der Waals surface area contributed by atoms with E-state index in [1.165, 1.54) is 0 Å². The third-order valence-corrected chi connectivity index (χ3v) is 3.94.